The molecule has 7 heteroatoms. The molecule has 3 rings (SSSR count). The van der Waals surface area contributed by atoms with E-state index in [-0.39, 0.29) is 17.9 Å². The molecule has 1 saturated heterocycles. The van der Waals surface area contributed by atoms with E-state index in [1.54, 1.807) is 17.9 Å². The number of nitrogens with zero attached hydrogens (tertiary/aromatic N) is 3. The fraction of sp³-hybridized carbons (Fsp3) is 0.471. The van der Waals surface area contributed by atoms with Crippen molar-refractivity contribution in [3.63, 3.8) is 0 Å². The fourth-order valence-electron chi connectivity index (χ4n) is 2.86. The number of amides is 1. The third-order valence-electron chi connectivity index (χ3n) is 4.13. The van der Waals surface area contributed by atoms with Gasteiger partial charge in [0.2, 0.25) is 0 Å². The fourth-order valence-corrected chi connectivity index (χ4v) is 2.86. The van der Waals surface area contributed by atoms with Gasteiger partial charge in [0, 0.05) is 6.54 Å². The minimum absolute atomic E-state index is 0.0744. The van der Waals surface area contributed by atoms with Crippen LogP contribution in [0.25, 0.3) is 0 Å². The third kappa shape index (κ3) is 3.12. The van der Waals surface area contributed by atoms with Gasteiger partial charge in [0.15, 0.2) is 0 Å². The van der Waals surface area contributed by atoms with Gasteiger partial charge in [0.25, 0.3) is 5.91 Å². The Hall–Kier alpha value is -2.41. The second-order valence-corrected chi connectivity index (χ2v) is 6.25. The van der Waals surface area contributed by atoms with E-state index in [0.717, 1.165) is 5.69 Å². The van der Waals surface area contributed by atoms with Crippen molar-refractivity contribution in [2.24, 2.45) is 0 Å². The minimum Gasteiger partial charge on any atom is -0.384 e. The van der Waals surface area contributed by atoms with E-state index in [9.17, 15) is 4.79 Å². The van der Waals surface area contributed by atoms with Gasteiger partial charge in [-0.05, 0) is 25.0 Å². The molecule has 1 aliphatic rings. The van der Waals surface area contributed by atoms with Crippen LogP contribution in [-0.2, 0) is 4.74 Å². The maximum absolute atomic E-state index is 13.0. The van der Waals surface area contributed by atoms with Crippen LogP contribution in [0, 0.1) is 6.92 Å². The number of nitrogens with two attached hydrogens (primary N) is 1. The number of morpholine rings is 1. The Bertz CT molecular complexity index is 741. The molecule has 1 unspecified atom stereocenters. The summed E-state index contributed by atoms with van der Waals surface area (Å²) >= 11 is 0. The highest BCUT2D eigenvalue weighted by Crippen LogP contribution is 2.26. The van der Waals surface area contributed by atoms with Gasteiger partial charge in [-0.15, -0.1) is 0 Å². The summed E-state index contributed by atoms with van der Waals surface area (Å²) in [4.78, 5) is 19.0. The molecule has 1 atom stereocenters. The molecule has 0 aliphatic carbocycles. The molecule has 2 aromatic heterocycles. The van der Waals surface area contributed by atoms with E-state index in [2.05, 4.69) is 10.1 Å². The summed E-state index contributed by atoms with van der Waals surface area (Å²) in [6.45, 7) is 7.16. The molecule has 24 heavy (non-hydrogen) atoms. The van der Waals surface area contributed by atoms with Crippen molar-refractivity contribution < 1.29 is 14.1 Å². The van der Waals surface area contributed by atoms with E-state index in [1.165, 1.54) is 0 Å². The average molecular weight is 330 g/mol. The van der Waals surface area contributed by atoms with E-state index < -0.39 is 0 Å². The SMILES string of the molecule is Cc1onc(C(C)C)c1C(=O)N1CCOC(c2cccc(N)n2)C1. The first-order chi connectivity index (χ1) is 11.5. The van der Waals surface area contributed by atoms with E-state index >= 15 is 0 Å². The molecule has 0 saturated carbocycles. The molecule has 1 fully saturated rings. The van der Waals surface area contributed by atoms with E-state index in [4.69, 9.17) is 15.0 Å². The number of anilines is 1. The molecule has 1 amide bonds. The summed E-state index contributed by atoms with van der Waals surface area (Å²) in [5.41, 5.74) is 7.74. The van der Waals surface area contributed by atoms with Crippen LogP contribution >= 0.6 is 0 Å². The van der Waals surface area contributed by atoms with Crippen molar-refractivity contribution in [3.05, 3.63) is 40.9 Å². The summed E-state index contributed by atoms with van der Waals surface area (Å²) in [6, 6.07) is 5.42. The van der Waals surface area contributed by atoms with Crippen molar-refractivity contribution in [2.45, 2.75) is 32.8 Å². The predicted molar refractivity (Wildman–Crippen MR) is 88.6 cm³/mol. The van der Waals surface area contributed by atoms with Crippen molar-refractivity contribution in [2.75, 3.05) is 25.4 Å². The molecule has 128 valence electrons. The van der Waals surface area contributed by atoms with Gasteiger partial charge in [-0.2, -0.15) is 0 Å². The normalized spacial score (nSPS) is 18.2. The van der Waals surface area contributed by atoms with E-state index in [0.29, 0.717) is 42.5 Å². The maximum Gasteiger partial charge on any atom is 0.259 e. The third-order valence-corrected chi connectivity index (χ3v) is 4.13. The smallest absolute Gasteiger partial charge is 0.259 e. The number of carbonyl (C=O) groups is 1. The lowest BCUT2D eigenvalue weighted by atomic mass is 10.0. The number of nitrogen functional groups attached to an aromatic ring is 1. The average Bonchev–Trinajstić information content (AvgIpc) is 2.96. The largest absolute Gasteiger partial charge is 0.384 e. The van der Waals surface area contributed by atoms with Crippen LogP contribution < -0.4 is 5.73 Å². The molecule has 7 nitrogen and oxygen atoms in total. The zero-order chi connectivity index (χ0) is 17.3. The van der Waals surface area contributed by atoms with Gasteiger partial charge < -0.3 is 19.9 Å². The number of pyridine rings is 1. The number of hydrogen-bond donors (Lipinski definition) is 1. The molecule has 2 N–H and O–H groups in total. The maximum atomic E-state index is 13.0. The first kappa shape index (κ1) is 16.4. The summed E-state index contributed by atoms with van der Waals surface area (Å²) < 4.78 is 11.0. The minimum atomic E-state index is -0.283. The van der Waals surface area contributed by atoms with Gasteiger partial charge in [0.05, 0.1) is 24.5 Å². The summed E-state index contributed by atoms with van der Waals surface area (Å²) in [5, 5.41) is 4.04. The zero-order valence-corrected chi connectivity index (χ0v) is 14.2. The first-order valence-corrected chi connectivity index (χ1v) is 8.07. The first-order valence-electron chi connectivity index (χ1n) is 8.07. The number of ether oxygens (including phenoxy) is 1. The number of aryl methyl sites for hydroxylation is 1. The Morgan fingerprint density at radius 2 is 2.21 bits per heavy atom. The standard InChI is InChI=1S/C17H22N4O3/c1-10(2)16-15(11(3)24-20-16)17(22)21-7-8-23-13(9-21)12-5-4-6-14(18)19-12/h4-6,10,13H,7-9H2,1-3H3,(H2,18,19). The highest BCUT2D eigenvalue weighted by Gasteiger charge is 2.31. The van der Waals surface area contributed by atoms with Crippen molar-refractivity contribution >= 4 is 11.7 Å². The number of rotatable bonds is 3. The summed E-state index contributed by atoms with van der Waals surface area (Å²) in [5.74, 6) is 1.04. The van der Waals surface area contributed by atoms with Gasteiger partial charge in [-0.3, -0.25) is 4.79 Å². The topological polar surface area (TPSA) is 94.5 Å². The highest BCUT2D eigenvalue weighted by molar-refractivity contribution is 5.96. The van der Waals surface area contributed by atoms with Crippen molar-refractivity contribution in [1.29, 1.82) is 0 Å². The Kier molecular flexibility index (Phi) is 4.53. The Balaban J connectivity index is 1.82. The van der Waals surface area contributed by atoms with Crippen LogP contribution in [0.5, 0.6) is 0 Å². The van der Waals surface area contributed by atoms with Crippen LogP contribution in [0.4, 0.5) is 5.82 Å². The Morgan fingerprint density at radius 3 is 2.92 bits per heavy atom. The molecule has 0 bridgehead atoms. The van der Waals surface area contributed by atoms with Crippen molar-refractivity contribution in [1.82, 2.24) is 15.0 Å². The second-order valence-electron chi connectivity index (χ2n) is 6.25. The van der Waals surface area contributed by atoms with Crippen LogP contribution in [0.3, 0.4) is 0 Å². The lowest BCUT2D eigenvalue weighted by molar-refractivity contribution is -0.0247. The molecule has 0 radical (unpaired) electrons. The van der Waals surface area contributed by atoms with Gasteiger partial charge >= 0.3 is 0 Å². The molecular weight excluding hydrogens is 308 g/mol. The predicted octanol–water partition coefficient (Wildman–Crippen LogP) is 2.30. The second kappa shape index (κ2) is 6.60. The summed E-state index contributed by atoms with van der Waals surface area (Å²) in [6.07, 6.45) is -0.283. The molecule has 0 aromatic carbocycles. The van der Waals surface area contributed by atoms with Crippen LogP contribution in [0.1, 0.15) is 53.4 Å². The van der Waals surface area contributed by atoms with Gasteiger partial charge in [-0.25, -0.2) is 4.98 Å². The van der Waals surface area contributed by atoms with Crippen molar-refractivity contribution in [3.8, 4) is 0 Å². The number of aromatic nitrogens is 2. The Labute approximate surface area is 140 Å². The molecular formula is C17H22N4O3. The highest BCUT2D eigenvalue weighted by atomic mass is 16.5. The monoisotopic (exact) mass is 330 g/mol. The zero-order valence-electron chi connectivity index (χ0n) is 14.2. The molecule has 3 heterocycles. The Morgan fingerprint density at radius 1 is 1.42 bits per heavy atom. The molecule has 1 aliphatic heterocycles. The lowest BCUT2D eigenvalue weighted by Crippen LogP contribution is -2.42. The quantitative estimate of drug-likeness (QED) is 0.928. The van der Waals surface area contributed by atoms with E-state index in [1.807, 2.05) is 26.0 Å². The van der Waals surface area contributed by atoms with Crippen LogP contribution in [0.15, 0.2) is 22.7 Å². The lowest BCUT2D eigenvalue weighted by Gasteiger charge is -2.32. The van der Waals surface area contributed by atoms with Gasteiger partial charge in [-0.1, -0.05) is 25.1 Å². The van der Waals surface area contributed by atoms with Crippen LogP contribution in [0.2, 0.25) is 0 Å². The van der Waals surface area contributed by atoms with Gasteiger partial charge in [0.1, 0.15) is 23.2 Å². The molecule has 2 aromatic rings. The summed E-state index contributed by atoms with van der Waals surface area (Å²) in [7, 11) is 0. The number of hydrogen-bond acceptors (Lipinski definition) is 6. The van der Waals surface area contributed by atoms with Crippen LogP contribution in [-0.4, -0.2) is 40.6 Å². The number of carbonyl (C=O) groups excluding carboxylic acids is 1. The molecule has 0 spiro atoms.